The third-order valence-corrected chi connectivity index (χ3v) is 11.4. The summed E-state index contributed by atoms with van der Waals surface area (Å²) in [4.78, 5) is 5.36. The van der Waals surface area contributed by atoms with Crippen LogP contribution in [-0.2, 0) is 29.3 Å². The van der Waals surface area contributed by atoms with Crippen LogP contribution in [0.2, 0.25) is 0 Å². The van der Waals surface area contributed by atoms with Gasteiger partial charge in [-0.25, -0.2) is 0 Å². The maximum absolute atomic E-state index is 14.8. The predicted octanol–water partition coefficient (Wildman–Crippen LogP) is 9.19. The number of nitrogens with zero attached hydrogens (tertiary/aromatic N) is 3. The maximum Gasteiger partial charge on any atom is 0.416 e. The molecule has 0 amide bonds. The molecule has 0 saturated carbocycles. The molecule has 0 atom stereocenters. The summed E-state index contributed by atoms with van der Waals surface area (Å²) in [5.41, 5.74) is -3.11. The Labute approximate surface area is 285 Å². The van der Waals surface area contributed by atoms with Crippen molar-refractivity contribution in [2.75, 3.05) is 77.0 Å². The highest BCUT2D eigenvalue weighted by Gasteiger charge is 2.38. The second-order valence-corrected chi connectivity index (χ2v) is 15.3. The lowest BCUT2D eigenvalue weighted by molar-refractivity contribution is -0.138. The van der Waals surface area contributed by atoms with Crippen molar-refractivity contribution >= 4 is 39.6 Å². The molecular weight excluding hydrogens is 702 g/mol. The number of anilines is 3. The van der Waals surface area contributed by atoms with Crippen LogP contribution in [-0.4, -0.2) is 66.5 Å². The second kappa shape index (κ2) is 13.9. The van der Waals surface area contributed by atoms with E-state index in [-0.39, 0.29) is 52.5 Å². The van der Waals surface area contributed by atoms with Crippen LogP contribution in [0.1, 0.15) is 36.0 Å². The van der Waals surface area contributed by atoms with Crippen molar-refractivity contribution in [2.45, 2.75) is 37.8 Å². The third-order valence-electron chi connectivity index (χ3n) is 9.21. The average molecular weight is 736 g/mol. The predicted molar refractivity (Wildman–Crippen MR) is 178 cm³/mol. The zero-order valence-corrected chi connectivity index (χ0v) is 27.9. The number of piperidine rings is 1. The highest BCUT2D eigenvalue weighted by atomic mass is 32.2. The molecule has 3 saturated heterocycles. The van der Waals surface area contributed by atoms with Gasteiger partial charge >= 0.3 is 18.5 Å². The smallest absolute Gasteiger partial charge is 0.371 e. The summed E-state index contributed by atoms with van der Waals surface area (Å²) >= 11 is 1.65. The molecule has 0 unspecified atom stereocenters. The van der Waals surface area contributed by atoms with Gasteiger partial charge in [0.25, 0.3) is 0 Å². The van der Waals surface area contributed by atoms with E-state index in [4.69, 9.17) is 0 Å². The summed E-state index contributed by atoms with van der Waals surface area (Å²) < 4.78 is 142. The van der Waals surface area contributed by atoms with Gasteiger partial charge in [-0.3, -0.25) is 4.21 Å². The third kappa shape index (κ3) is 7.82. The molecular formula is C34H34F9N3OS2. The fraction of sp³-hybridized carbons (Fsp3) is 0.471. The molecule has 15 heteroatoms. The van der Waals surface area contributed by atoms with E-state index >= 15 is 0 Å². The van der Waals surface area contributed by atoms with E-state index in [1.807, 2.05) is 9.80 Å². The SMILES string of the molecule is O=S1CCN(c2c(-c3cc(C(F)(F)F)ccc3N3CCCCC3)cc(C(F)(F)F)cc2-c2cc(C(F)(F)F)ccc2N2CCSCC2)CC1. The van der Waals surface area contributed by atoms with Gasteiger partial charge in [-0.2, -0.15) is 51.3 Å². The lowest BCUT2D eigenvalue weighted by Gasteiger charge is -2.36. The van der Waals surface area contributed by atoms with Gasteiger partial charge in [-0.05, 0) is 67.8 Å². The number of thioether (sulfide) groups is 1. The summed E-state index contributed by atoms with van der Waals surface area (Å²) in [5, 5.41) is 0. The molecule has 266 valence electrons. The first kappa shape index (κ1) is 35.7. The van der Waals surface area contributed by atoms with Crippen LogP contribution in [0.25, 0.3) is 22.3 Å². The molecule has 3 aliphatic heterocycles. The number of hydrogen-bond donors (Lipinski definition) is 0. The Bertz CT molecular complexity index is 1590. The Morgan fingerprint density at radius 1 is 0.510 bits per heavy atom. The summed E-state index contributed by atoms with van der Waals surface area (Å²) in [6, 6.07) is 7.69. The van der Waals surface area contributed by atoms with Gasteiger partial charge < -0.3 is 14.7 Å². The molecule has 3 aromatic carbocycles. The number of hydrogen-bond acceptors (Lipinski definition) is 5. The Kier molecular flexibility index (Phi) is 10.2. The summed E-state index contributed by atoms with van der Waals surface area (Å²) in [6.07, 6.45) is -12.3. The van der Waals surface area contributed by atoms with Crippen LogP contribution in [0.15, 0.2) is 48.5 Å². The summed E-state index contributed by atoms with van der Waals surface area (Å²) in [5.74, 6) is 1.59. The molecule has 49 heavy (non-hydrogen) atoms. The zero-order chi connectivity index (χ0) is 35.1. The molecule has 0 radical (unpaired) electrons. The quantitative estimate of drug-likeness (QED) is 0.244. The molecule has 0 aliphatic carbocycles. The van der Waals surface area contributed by atoms with Gasteiger partial charge in [0.1, 0.15) is 0 Å². The molecule has 0 bridgehead atoms. The van der Waals surface area contributed by atoms with Crippen LogP contribution in [0, 0.1) is 0 Å². The standard InChI is InChI=1S/C34H34F9N3OS2/c35-32(36,37)22-4-6-29(44-8-2-1-3-9-44)25(18-22)27-20-24(34(41,42)43)21-28(31(27)46-12-16-49(47)17-13-46)26-19-23(33(38,39)40)5-7-30(26)45-10-14-48-15-11-45/h4-7,18-21H,1-3,8-17H2. The fourth-order valence-corrected chi connectivity index (χ4v) is 8.71. The van der Waals surface area contributed by atoms with Crippen molar-refractivity contribution in [3.8, 4) is 22.3 Å². The highest BCUT2D eigenvalue weighted by molar-refractivity contribution is 7.99. The van der Waals surface area contributed by atoms with E-state index in [0.717, 1.165) is 55.7 Å². The number of alkyl halides is 9. The van der Waals surface area contributed by atoms with Crippen molar-refractivity contribution in [1.82, 2.24) is 0 Å². The lowest BCUT2D eigenvalue weighted by Crippen LogP contribution is -2.38. The van der Waals surface area contributed by atoms with Crippen molar-refractivity contribution < 1.29 is 43.7 Å². The zero-order valence-electron chi connectivity index (χ0n) is 26.3. The number of halogens is 9. The highest BCUT2D eigenvalue weighted by Crippen LogP contribution is 2.51. The largest absolute Gasteiger partial charge is 0.416 e. The number of rotatable bonds is 5. The topological polar surface area (TPSA) is 26.8 Å². The van der Waals surface area contributed by atoms with Gasteiger partial charge in [-0.15, -0.1) is 0 Å². The van der Waals surface area contributed by atoms with Gasteiger partial charge in [0.05, 0.1) is 22.4 Å². The minimum Gasteiger partial charge on any atom is -0.371 e. The maximum atomic E-state index is 14.8. The minimum absolute atomic E-state index is 0.0879. The summed E-state index contributed by atoms with van der Waals surface area (Å²) in [6.45, 7) is 2.02. The monoisotopic (exact) mass is 735 g/mol. The first-order valence-corrected chi connectivity index (χ1v) is 18.6. The summed E-state index contributed by atoms with van der Waals surface area (Å²) in [7, 11) is -1.24. The Morgan fingerprint density at radius 2 is 0.939 bits per heavy atom. The first-order chi connectivity index (χ1) is 23.1. The van der Waals surface area contributed by atoms with E-state index in [0.29, 0.717) is 49.1 Å². The average Bonchev–Trinajstić information content (AvgIpc) is 3.07. The lowest BCUT2D eigenvalue weighted by atomic mass is 9.88. The van der Waals surface area contributed by atoms with Crippen LogP contribution >= 0.6 is 11.8 Å². The van der Waals surface area contributed by atoms with Crippen molar-refractivity contribution in [3.05, 3.63) is 65.2 Å². The van der Waals surface area contributed by atoms with E-state index in [2.05, 4.69) is 0 Å². The van der Waals surface area contributed by atoms with Crippen LogP contribution < -0.4 is 14.7 Å². The molecule has 0 aromatic heterocycles. The van der Waals surface area contributed by atoms with E-state index in [1.165, 1.54) is 12.1 Å². The van der Waals surface area contributed by atoms with Crippen LogP contribution in [0.3, 0.4) is 0 Å². The van der Waals surface area contributed by atoms with Gasteiger partial charge in [0.2, 0.25) is 0 Å². The van der Waals surface area contributed by atoms with Gasteiger partial charge in [0, 0.05) is 107 Å². The molecule has 4 nitrogen and oxygen atoms in total. The van der Waals surface area contributed by atoms with Crippen LogP contribution in [0.5, 0.6) is 0 Å². The van der Waals surface area contributed by atoms with Crippen molar-refractivity contribution in [2.24, 2.45) is 0 Å². The van der Waals surface area contributed by atoms with Gasteiger partial charge in [-0.1, -0.05) is 0 Å². The minimum atomic E-state index is -4.98. The van der Waals surface area contributed by atoms with Gasteiger partial charge in [0.15, 0.2) is 0 Å². The molecule has 3 fully saturated rings. The van der Waals surface area contributed by atoms with Crippen LogP contribution in [0.4, 0.5) is 56.6 Å². The van der Waals surface area contributed by atoms with E-state index in [1.54, 1.807) is 16.7 Å². The Hall–Kier alpha value is -3.07. The molecule has 6 rings (SSSR count). The Balaban J connectivity index is 1.72. The molecule has 3 aliphatic rings. The first-order valence-electron chi connectivity index (χ1n) is 16.0. The molecule has 0 N–H and O–H groups in total. The molecule has 0 spiro atoms. The number of benzene rings is 3. The molecule has 3 aromatic rings. The van der Waals surface area contributed by atoms with Crippen molar-refractivity contribution in [1.29, 1.82) is 0 Å². The van der Waals surface area contributed by atoms with E-state index in [9.17, 15) is 43.7 Å². The second-order valence-electron chi connectivity index (χ2n) is 12.4. The fourth-order valence-electron chi connectivity index (χ4n) is 6.76. The molecule has 3 heterocycles. The van der Waals surface area contributed by atoms with Crippen molar-refractivity contribution in [3.63, 3.8) is 0 Å². The normalized spacial score (nSPS) is 18.7. The van der Waals surface area contributed by atoms with E-state index < -0.39 is 46.0 Å². The Morgan fingerprint density at radius 3 is 1.39 bits per heavy atom.